The van der Waals surface area contributed by atoms with Crippen molar-refractivity contribution < 1.29 is 42.8 Å². The van der Waals surface area contributed by atoms with Crippen molar-refractivity contribution in [1.29, 1.82) is 0 Å². The molecule has 1 unspecified atom stereocenters. The maximum absolute atomic E-state index is 12.7. The predicted molar refractivity (Wildman–Crippen MR) is 144 cm³/mol. The Balaban J connectivity index is 1.80. The monoisotopic (exact) mass is 579 g/mol. The summed E-state index contributed by atoms with van der Waals surface area (Å²) in [7, 11) is 0. The van der Waals surface area contributed by atoms with Gasteiger partial charge in [0.05, 0.1) is 43.8 Å². The van der Waals surface area contributed by atoms with Crippen LogP contribution in [0.3, 0.4) is 0 Å². The summed E-state index contributed by atoms with van der Waals surface area (Å²) in [6.07, 6.45) is 1.07. The third-order valence-electron chi connectivity index (χ3n) is 6.11. The molecule has 41 heavy (non-hydrogen) atoms. The lowest BCUT2D eigenvalue weighted by Gasteiger charge is -2.22. The van der Waals surface area contributed by atoms with E-state index in [0.717, 1.165) is 0 Å². The van der Waals surface area contributed by atoms with E-state index in [1.807, 2.05) is 20.8 Å². The highest BCUT2D eigenvalue weighted by Gasteiger charge is 2.50. The number of Topliss-reactive ketones (excluding diaryl/α,β-unsaturated/α-hetero) is 1. The smallest absolute Gasteiger partial charge is 0.319 e. The lowest BCUT2D eigenvalue weighted by Crippen LogP contribution is -2.53. The minimum atomic E-state index is -0.933. The van der Waals surface area contributed by atoms with Crippen molar-refractivity contribution in [2.24, 2.45) is 11.8 Å². The molecule has 4 N–H and O–H groups in total. The van der Waals surface area contributed by atoms with Gasteiger partial charge in [-0.25, -0.2) is 0 Å². The predicted octanol–water partition coefficient (Wildman–Crippen LogP) is 0.185. The van der Waals surface area contributed by atoms with Gasteiger partial charge >= 0.3 is 11.9 Å². The lowest BCUT2D eigenvalue weighted by molar-refractivity contribution is -0.139. The number of amides is 4. The van der Waals surface area contributed by atoms with Crippen molar-refractivity contribution in [2.45, 2.75) is 84.9 Å². The number of hydrogen-bond donors (Lipinski definition) is 4. The fraction of sp³-hybridized carbons (Fsp3) is 0.667. The molecule has 1 fully saturated rings. The number of aromatic nitrogens is 1. The summed E-state index contributed by atoms with van der Waals surface area (Å²) in [5.74, 6) is -3.34. The first-order valence-electron chi connectivity index (χ1n) is 13.7. The molecule has 0 radical (unpaired) electrons. The van der Waals surface area contributed by atoms with Crippen LogP contribution in [0.2, 0.25) is 0 Å². The largest absolute Gasteiger partial charge is 0.391 e. The highest BCUT2D eigenvalue weighted by atomic mass is 16.7. The number of epoxide rings is 1. The summed E-state index contributed by atoms with van der Waals surface area (Å²) >= 11 is 0. The van der Waals surface area contributed by atoms with Crippen LogP contribution in [0.25, 0.3) is 0 Å². The van der Waals surface area contributed by atoms with Gasteiger partial charge in [0.2, 0.25) is 23.6 Å². The quantitative estimate of drug-likeness (QED) is 0.146. The Morgan fingerprint density at radius 1 is 0.976 bits per heavy atom. The van der Waals surface area contributed by atoms with E-state index in [2.05, 4.69) is 26.4 Å². The van der Waals surface area contributed by atoms with Crippen LogP contribution in [0.15, 0.2) is 10.6 Å². The summed E-state index contributed by atoms with van der Waals surface area (Å²) in [5, 5.41) is 13.8. The average molecular weight is 580 g/mol. The molecule has 14 heteroatoms. The highest BCUT2D eigenvalue weighted by Crippen LogP contribution is 2.29. The number of nitrogens with one attached hydrogen (secondary N) is 4. The Labute approximate surface area is 239 Å². The zero-order valence-electron chi connectivity index (χ0n) is 24.5. The number of nitrogens with zero attached hydrogens (tertiary/aromatic N) is 1. The fourth-order valence-corrected chi connectivity index (χ4v) is 3.71. The first kappa shape index (κ1) is 33.4. The molecule has 228 valence electrons. The molecule has 0 aliphatic carbocycles. The first-order valence-corrected chi connectivity index (χ1v) is 13.7. The van der Waals surface area contributed by atoms with Crippen LogP contribution in [-0.2, 0) is 39.9 Å². The molecule has 1 aliphatic heterocycles. The van der Waals surface area contributed by atoms with E-state index in [-0.39, 0.29) is 42.2 Å². The van der Waals surface area contributed by atoms with Crippen LogP contribution in [0.1, 0.15) is 66.5 Å². The topological polar surface area (TPSA) is 198 Å². The maximum Gasteiger partial charge on any atom is 0.319 e. The van der Waals surface area contributed by atoms with Crippen molar-refractivity contribution in [3.8, 4) is 5.95 Å². The number of hydrogen-bond acceptors (Lipinski definition) is 10. The van der Waals surface area contributed by atoms with Crippen molar-refractivity contribution in [2.75, 3.05) is 19.7 Å². The minimum Gasteiger partial charge on any atom is -0.391 e. The van der Waals surface area contributed by atoms with E-state index >= 15 is 0 Å². The van der Waals surface area contributed by atoms with Gasteiger partial charge in [0, 0.05) is 6.07 Å². The van der Waals surface area contributed by atoms with Gasteiger partial charge in [-0.05, 0) is 25.7 Å². The molecule has 0 bridgehead atoms. The Morgan fingerprint density at radius 2 is 1.59 bits per heavy atom. The van der Waals surface area contributed by atoms with Gasteiger partial charge in [0.1, 0.15) is 11.6 Å². The third-order valence-corrected chi connectivity index (χ3v) is 6.11. The molecule has 1 aliphatic rings. The van der Waals surface area contributed by atoms with Crippen molar-refractivity contribution in [3.05, 3.63) is 11.8 Å². The molecule has 1 aromatic rings. The van der Waals surface area contributed by atoms with E-state index in [9.17, 15) is 28.8 Å². The van der Waals surface area contributed by atoms with Crippen LogP contribution in [0, 0.1) is 11.8 Å². The van der Waals surface area contributed by atoms with E-state index in [4.69, 9.17) is 14.0 Å². The summed E-state index contributed by atoms with van der Waals surface area (Å²) in [6.45, 7) is 10.2. The molecule has 2 heterocycles. The number of carbonyl (C=O) groups is 6. The molecule has 1 saturated heterocycles. The molecule has 2 rings (SSSR count). The molecule has 14 nitrogen and oxygen atoms in total. The van der Waals surface area contributed by atoms with Gasteiger partial charge in [0.15, 0.2) is 5.78 Å². The number of carbonyl (C=O) groups excluding carboxylic acids is 6. The second-order valence-electron chi connectivity index (χ2n) is 10.9. The van der Waals surface area contributed by atoms with E-state index in [0.29, 0.717) is 25.9 Å². The van der Waals surface area contributed by atoms with Crippen LogP contribution in [0.5, 0.6) is 5.95 Å². The molecule has 3 atom stereocenters. The number of ether oxygens (including phenoxy) is 2. The number of ketones is 1. The number of esters is 1. The van der Waals surface area contributed by atoms with E-state index in [1.165, 1.54) is 6.07 Å². The van der Waals surface area contributed by atoms with E-state index in [1.54, 1.807) is 20.8 Å². The van der Waals surface area contributed by atoms with Crippen LogP contribution in [0.4, 0.5) is 0 Å². The van der Waals surface area contributed by atoms with E-state index < -0.39 is 53.8 Å². The summed E-state index contributed by atoms with van der Waals surface area (Å²) in [6, 6.07) is -0.364. The average Bonchev–Trinajstić information content (AvgIpc) is 3.51. The summed E-state index contributed by atoms with van der Waals surface area (Å²) in [4.78, 5) is 74.2. The van der Waals surface area contributed by atoms with Gasteiger partial charge in [0.25, 0.3) is 0 Å². The molecule has 0 saturated carbocycles. The normalized spacial score (nSPS) is 17.4. The minimum absolute atomic E-state index is 0.139. The molecule has 0 spiro atoms. The summed E-state index contributed by atoms with van der Waals surface area (Å²) < 4.78 is 15.1. The Bertz CT molecular complexity index is 1110. The first-order chi connectivity index (χ1) is 19.2. The van der Waals surface area contributed by atoms with Crippen LogP contribution in [-0.4, -0.2) is 77.9 Å². The zero-order chi connectivity index (χ0) is 30.7. The summed E-state index contributed by atoms with van der Waals surface area (Å²) in [5.41, 5.74) is -0.686. The third kappa shape index (κ3) is 11.3. The lowest BCUT2D eigenvalue weighted by atomic mass is 9.93. The Hall–Kier alpha value is -3.81. The van der Waals surface area contributed by atoms with Crippen molar-refractivity contribution in [1.82, 2.24) is 26.4 Å². The van der Waals surface area contributed by atoms with Crippen molar-refractivity contribution >= 4 is 35.4 Å². The standard InChI is InChI=1S/C27H41N5O9/c1-7-8-18(25(37)29-13-22(35)31-19(9-15(2)3)24(36)27(6)14-39-27)30-21(34)12-28-20(33)10-17-11-23(41-32-17)40-26(38)16(4)5/h11,15-16,18-19H,7-10,12-14H2,1-6H3,(H,28,33)(H,29,37)(H,30,34)(H,31,35)/t18-,19-,27?/m0/s1. The van der Waals surface area contributed by atoms with Gasteiger partial charge in [-0.15, -0.1) is 0 Å². The van der Waals surface area contributed by atoms with Gasteiger partial charge in [-0.2, -0.15) is 0 Å². The molecule has 1 aromatic heterocycles. The molecule has 0 aromatic carbocycles. The van der Waals surface area contributed by atoms with Crippen LogP contribution < -0.4 is 26.0 Å². The SMILES string of the molecule is CCC[C@H](NC(=O)CNC(=O)Cc1cc(OC(=O)C(C)C)on1)C(=O)NCC(=O)N[C@@H](CC(C)C)C(=O)C1(C)CO1. The molecule has 4 amide bonds. The Morgan fingerprint density at radius 3 is 2.15 bits per heavy atom. The molecular weight excluding hydrogens is 538 g/mol. The fourth-order valence-electron chi connectivity index (χ4n) is 3.71. The maximum atomic E-state index is 12.7. The van der Waals surface area contributed by atoms with Gasteiger partial charge in [-0.3, -0.25) is 28.8 Å². The zero-order valence-corrected chi connectivity index (χ0v) is 24.5. The Kier molecular flexibility index (Phi) is 12.4. The number of rotatable bonds is 17. The second kappa shape index (κ2) is 15.3. The highest BCUT2D eigenvalue weighted by molar-refractivity contribution is 5.97. The van der Waals surface area contributed by atoms with Crippen molar-refractivity contribution in [3.63, 3.8) is 0 Å². The van der Waals surface area contributed by atoms with Gasteiger partial charge < -0.3 is 35.3 Å². The van der Waals surface area contributed by atoms with Crippen LogP contribution >= 0.6 is 0 Å². The second-order valence-corrected chi connectivity index (χ2v) is 10.9. The van der Waals surface area contributed by atoms with Gasteiger partial charge in [-0.1, -0.05) is 46.2 Å². The molecular formula is C27H41N5O9.